The first-order valence-electron chi connectivity index (χ1n) is 4.88. The number of hydrogen-bond acceptors (Lipinski definition) is 4. The van der Waals surface area contributed by atoms with Crippen LogP contribution < -0.4 is 0 Å². The van der Waals surface area contributed by atoms with E-state index in [0.717, 1.165) is 17.7 Å². The zero-order chi connectivity index (χ0) is 10.8. The van der Waals surface area contributed by atoms with Crippen molar-refractivity contribution >= 4 is 11.6 Å². The normalized spacial score (nSPS) is 17.3. The molecule has 1 atom stereocenters. The molecular formula is C10H13ClN2O2. The van der Waals surface area contributed by atoms with Crippen LogP contribution >= 0.6 is 11.6 Å². The Kier molecular flexibility index (Phi) is 3.19. The van der Waals surface area contributed by atoms with E-state index in [2.05, 4.69) is 9.97 Å². The Morgan fingerprint density at radius 3 is 3.00 bits per heavy atom. The lowest BCUT2D eigenvalue weighted by Crippen LogP contribution is -2.16. The van der Waals surface area contributed by atoms with E-state index >= 15 is 0 Å². The smallest absolute Gasteiger partial charge is 0.158 e. The minimum atomic E-state index is -0.129. The summed E-state index contributed by atoms with van der Waals surface area (Å²) in [6.45, 7) is 3.11. The molecule has 1 aromatic heterocycles. The number of methoxy groups -OCH3 is 1. The van der Waals surface area contributed by atoms with Gasteiger partial charge in [-0.3, -0.25) is 0 Å². The number of hydrogen-bond donors (Lipinski definition) is 0. The maximum atomic E-state index is 6.06. The molecule has 0 fully saturated rings. The third-order valence-electron chi connectivity index (χ3n) is 2.51. The second-order valence-electron chi connectivity index (χ2n) is 3.48. The minimum Gasteiger partial charge on any atom is -0.376 e. The van der Waals surface area contributed by atoms with Crippen LogP contribution in [0.15, 0.2) is 0 Å². The largest absolute Gasteiger partial charge is 0.376 e. The summed E-state index contributed by atoms with van der Waals surface area (Å²) in [7, 11) is 1.63. The van der Waals surface area contributed by atoms with Crippen LogP contribution in [0.1, 0.15) is 30.1 Å². The lowest BCUT2D eigenvalue weighted by molar-refractivity contribution is 0.102. The van der Waals surface area contributed by atoms with Gasteiger partial charge in [0.15, 0.2) is 5.82 Å². The summed E-state index contributed by atoms with van der Waals surface area (Å²) in [6, 6.07) is 0. The van der Waals surface area contributed by atoms with Crippen molar-refractivity contribution in [1.29, 1.82) is 0 Å². The van der Waals surface area contributed by atoms with Gasteiger partial charge in [0.05, 0.1) is 18.9 Å². The molecule has 0 radical (unpaired) electrons. The monoisotopic (exact) mass is 228 g/mol. The van der Waals surface area contributed by atoms with Gasteiger partial charge in [-0.1, -0.05) is 11.6 Å². The molecule has 82 valence electrons. The second kappa shape index (κ2) is 4.43. The van der Waals surface area contributed by atoms with Crippen LogP contribution in [0.3, 0.4) is 0 Å². The van der Waals surface area contributed by atoms with E-state index in [1.807, 2.05) is 6.92 Å². The molecule has 0 saturated carbocycles. The van der Waals surface area contributed by atoms with Crippen LogP contribution in [0.25, 0.3) is 0 Å². The summed E-state index contributed by atoms with van der Waals surface area (Å²) in [5.74, 6) is 0.642. The van der Waals surface area contributed by atoms with Crippen molar-refractivity contribution in [1.82, 2.24) is 9.97 Å². The first-order chi connectivity index (χ1) is 7.22. The highest BCUT2D eigenvalue weighted by Gasteiger charge is 2.19. The van der Waals surface area contributed by atoms with Gasteiger partial charge in [-0.05, 0) is 6.92 Å². The van der Waals surface area contributed by atoms with E-state index < -0.39 is 0 Å². The van der Waals surface area contributed by atoms with Gasteiger partial charge in [-0.25, -0.2) is 9.97 Å². The molecule has 15 heavy (non-hydrogen) atoms. The SMILES string of the molecule is COC(C)c1nc(Cl)c2c(n1)CCOC2. The Morgan fingerprint density at radius 1 is 1.47 bits per heavy atom. The molecule has 5 heteroatoms. The fourth-order valence-electron chi connectivity index (χ4n) is 1.50. The average molecular weight is 229 g/mol. The fraction of sp³-hybridized carbons (Fsp3) is 0.600. The number of nitrogens with zero attached hydrogens (tertiary/aromatic N) is 2. The second-order valence-corrected chi connectivity index (χ2v) is 3.84. The molecule has 1 aromatic rings. The zero-order valence-corrected chi connectivity index (χ0v) is 9.54. The summed E-state index contributed by atoms with van der Waals surface area (Å²) in [4.78, 5) is 8.65. The predicted octanol–water partition coefficient (Wildman–Crippen LogP) is 1.91. The Labute approximate surface area is 93.6 Å². The highest BCUT2D eigenvalue weighted by molar-refractivity contribution is 6.30. The standard InChI is InChI=1S/C10H13ClN2O2/c1-6(14-2)10-12-8-3-4-15-5-7(8)9(11)13-10/h6H,3-5H2,1-2H3. The first kappa shape index (κ1) is 10.8. The third-order valence-corrected chi connectivity index (χ3v) is 2.82. The Hall–Kier alpha value is -0.710. The molecule has 2 heterocycles. The van der Waals surface area contributed by atoms with Crippen molar-refractivity contribution in [3.8, 4) is 0 Å². The Bertz CT molecular complexity index is 371. The van der Waals surface area contributed by atoms with Gasteiger partial charge in [0.2, 0.25) is 0 Å². The predicted molar refractivity (Wildman–Crippen MR) is 55.8 cm³/mol. The average Bonchev–Trinajstić information content (AvgIpc) is 2.28. The van der Waals surface area contributed by atoms with E-state index in [1.54, 1.807) is 7.11 Å². The van der Waals surface area contributed by atoms with Gasteiger partial charge < -0.3 is 9.47 Å². The first-order valence-corrected chi connectivity index (χ1v) is 5.26. The quantitative estimate of drug-likeness (QED) is 0.726. The Balaban J connectivity index is 2.40. The van der Waals surface area contributed by atoms with E-state index in [1.165, 1.54) is 0 Å². The van der Waals surface area contributed by atoms with Gasteiger partial charge in [0.1, 0.15) is 11.3 Å². The van der Waals surface area contributed by atoms with Crippen molar-refractivity contribution < 1.29 is 9.47 Å². The summed E-state index contributed by atoms with van der Waals surface area (Å²) in [6.07, 6.45) is 0.664. The number of fused-ring (bicyclic) bond motifs is 1. The van der Waals surface area contributed by atoms with Gasteiger partial charge in [0.25, 0.3) is 0 Å². The van der Waals surface area contributed by atoms with Crippen molar-refractivity contribution in [2.45, 2.75) is 26.1 Å². The molecule has 0 saturated heterocycles. The maximum Gasteiger partial charge on any atom is 0.158 e. The van der Waals surface area contributed by atoms with E-state index in [0.29, 0.717) is 24.2 Å². The highest BCUT2D eigenvalue weighted by atomic mass is 35.5. The molecule has 0 bridgehead atoms. The lowest BCUT2D eigenvalue weighted by Gasteiger charge is -2.18. The molecule has 1 aliphatic rings. The number of ether oxygens (including phenoxy) is 2. The van der Waals surface area contributed by atoms with Gasteiger partial charge >= 0.3 is 0 Å². The van der Waals surface area contributed by atoms with Crippen molar-refractivity contribution in [3.05, 3.63) is 22.2 Å². The lowest BCUT2D eigenvalue weighted by atomic mass is 10.1. The summed E-state index contributed by atoms with van der Waals surface area (Å²) >= 11 is 6.06. The van der Waals surface area contributed by atoms with E-state index in [-0.39, 0.29) is 6.10 Å². The molecule has 0 amide bonds. The van der Waals surface area contributed by atoms with Crippen LogP contribution in [0.4, 0.5) is 0 Å². The zero-order valence-electron chi connectivity index (χ0n) is 8.79. The Morgan fingerprint density at radius 2 is 2.27 bits per heavy atom. The van der Waals surface area contributed by atoms with Gasteiger partial charge in [-0.2, -0.15) is 0 Å². The van der Waals surface area contributed by atoms with Gasteiger partial charge in [0, 0.05) is 19.1 Å². The van der Waals surface area contributed by atoms with Crippen molar-refractivity contribution in [2.24, 2.45) is 0 Å². The molecule has 1 unspecified atom stereocenters. The number of halogens is 1. The van der Waals surface area contributed by atoms with Crippen LogP contribution in [0.2, 0.25) is 5.15 Å². The van der Waals surface area contributed by atoms with E-state index in [9.17, 15) is 0 Å². The fourth-order valence-corrected chi connectivity index (χ4v) is 1.75. The molecule has 2 rings (SSSR count). The number of aromatic nitrogens is 2. The van der Waals surface area contributed by atoms with Crippen LogP contribution in [-0.2, 0) is 22.5 Å². The van der Waals surface area contributed by atoms with Crippen LogP contribution in [-0.4, -0.2) is 23.7 Å². The summed E-state index contributed by atoms with van der Waals surface area (Å²) in [5.41, 5.74) is 1.90. The highest BCUT2D eigenvalue weighted by Crippen LogP contribution is 2.24. The summed E-state index contributed by atoms with van der Waals surface area (Å²) in [5, 5.41) is 0.485. The minimum absolute atomic E-state index is 0.129. The van der Waals surface area contributed by atoms with Crippen LogP contribution in [0.5, 0.6) is 0 Å². The van der Waals surface area contributed by atoms with Crippen molar-refractivity contribution in [2.75, 3.05) is 13.7 Å². The molecule has 1 aliphatic heterocycles. The molecule has 0 spiro atoms. The van der Waals surface area contributed by atoms with E-state index in [4.69, 9.17) is 21.1 Å². The molecular weight excluding hydrogens is 216 g/mol. The molecule has 0 N–H and O–H groups in total. The molecule has 0 aliphatic carbocycles. The maximum absolute atomic E-state index is 6.06. The summed E-state index contributed by atoms with van der Waals surface area (Å²) < 4.78 is 10.5. The number of rotatable bonds is 2. The van der Waals surface area contributed by atoms with Crippen molar-refractivity contribution in [3.63, 3.8) is 0 Å². The van der Waals surface area contributed by atoms with Crippen LogP contribution in [0, 0.1) is 0 Å². The molecule has 4 nitrogen and oxygen atoms in total. The topological polar surface area (TPSA) is 44.2 Å². The molecule has 0 aromatic carbocycles. The third kappa shape index (κ3) is 2.12. The van der Waals surface area contributed by atoms with Gasteiger partial charge in [-0.15, -0.1) is 0 Å².